The van der Waals surface area contributed by atoms with Gasteiger partial charge in [-0.25, -0.2) is 12.7 Å². The summed E-state index contributed by atoms with van der Waals surface area (Å²) in [4.78, 5) is 0. The predicted octanol–water partition coefficient (Wildman–Crippen LogP) is 1.18. The van der Waals surface area contributed by atoms with Gasteiger partial charge in [0.2, 0.25) is 10.0 Å². The molecule has 5 heteroatoms. The van der Waals surface area contributed by atoms with E-state index in [9.17, 15) is 8.42 Å². The Morgan fingerprint density at radius 2 is 2.00 bits per heavy atom. The Balaban J connectivity index is 1.85. The largest absolute Gasteiger partial charge is 0.328 e. The van der Waals surface area contributed by atoms with E-state index in [0.29, 0.717) is 18.5 Å². The topological polar surface area (TPSA) is 63.4 Å². The van der Waals surface area contributed by atoms with E-state index in [1.54, 1.807) is 4.31 Å². The van der Waals surface area contributed by atoms with Crippen LogP contribution in [0.25, 0.3) is 0 Å². The lowest BCUT2D eigenvalue weighted by Gasteiger charge is -2.32. The van der Waals surface area contributed by atoms with Crippen LogP contribution in [-0.4, -0.2) is 38.1 Å². The highest BCUT2D eigenvalue weighted by Gasteiger charge is 2.30. The fourth-order valence-electron chi connectivity index (χ4n) is 3.32. The van der Waals surface area contributed by atoms with Crippen molar-refractivity contribution in [3.63, 3.8) is 0 Å². The van der Waals surface area contributed by atoms with Crippen LogP contribution in [0.1, 0.15) is 38.5 Å². The molecule has 17 heavy (non-hydrogen) atoms. The molecular weight excluding hydrogens is 236 g/mol. The van der Waals surface area contributed by atoms with Gasteiger partial charge in [-0.05, 0) is 50.4 Å². The zero-order chi connectivity index (χ0) is 12.5. The number of rotatable bonds is 3. The number of piperidine rings is 1. The third-order valence-electron chi connectivity index (χ3n) is 4.20. The average molecular weight is 260 g/mol. The molecule has 3 atom stereocenters. The van der Waals surface area contributed by atoms with Gasteiger partial charge in [0.25, 0.3) is 0 Å². The van der Waals surface area contributed by atoms with Crippen molar-refractivity contribution in [2.24, 2.45) is 17.6 Å². The first-order chi connectivity index (χ1) is 7.95. The van der Waals surface area contributed by atoms with Gasteiger partial charge in [-0.2, -0.15) is 0 Å². The van der Waals surface area contributed by atoms with Gasteiger partial charge in [-0.15, -0.1) is 0 Å². The Morgan fingerprint density at radius 1 is 1.24 bits per heavy atom. The van der Waals surface area contributed by atoms with Crippen LogP contribution in [0.2, 0.25) is 0 Å². The molecule has 0 aromatic rings. The Kier molecular flexibility index (Phi) is 4.10. The van der Waals surface area contributed by atoms with E-state index < -0.39 is 10.0 Å². The Hall–Kier alpha value is -0.130. The summed E-state index contributed by atoms with van der Waals surface area (Å²) < 4.78 is 24.7. The van der Waals surface area contributed by atoms with Crippen LogP contribution in [0.4, 0.5) is 0 Å². The SMILES string of the molecule is CS(=O)(=O)N1CCCC(CC2CCC(N)C2)C1. The van der Waals surface area contributed by atoms with Gasteiger partial charge >= 0.3 is 0 Å². The summed E-state index contributed by atoms with van der Waals surface area (Å²) in [5, 5.41) is 0. The van der Waals surface area contributed by atoms with Crippen LogP contribution in [0.15, 0.2) is 0 Å². The molecule has 0 bridgehead atoms. The van der Waals surface area contributed by atoms with Crippen LogP contribution in [0.5, 0.6) is 0 Å². The number of nitrogens with two attached hydrogens (primary N) is 1. The van der Waals surface area contributed by atoms with Gasteiger partial charge in [-0.1, -0.05) is 0 Å². The highest BCUT2D eigenvalue weighted by molar-refractivity contribution is 7.88. The monoisotopic (exact) mass is 260 g/mol. The van der Waals surface area contributed by atoms with Crippen molar-refractivity contribution in [1.29, 1.82) is 0 Å². The molecule has 1 heterocycles. The van der Waals surface area contributed by atoms with E-state index in [-0.39, 0.29) is 0 Å². The first-order valence-electron chi connectivity index (χ1n) is 6.66. The average Bonchev–Trinajstić information content (AvgIpc) is 2.63. The second-order valence-electron chi connectivity index (χ2n) is 5.80. The maximum atomic E-state index is 11.5. The molecule has 2 rings (SSSR count). The maximum absolute atomic E-state index is 11.5. The van der Waals surface area contributed by atoms with E-state index in [4.69, 9.17) is 5.73 Å². The predicted molar refractivity (Wildman–Crippen MR) is 69.1 cm³/mol. The summed E-state index contributed by atoms with van der Waals surface area (Å²) >= 11 is 0. The maximum Gasteiger partial charge on any atom is 0.211 e. The van der Waals surface area contributed by atoms with E-state index in [1.807, 2.05) is 0 Å². The van der Waals surface area contributed by atoms with Crippen molar-refractivity contribution in [1.82, 2.24) is 4.31 Å². The molecule has 1 aliphatic heterocycles. The van der Waals surface area contributed by atoms with Gasteiger partial charge in [0, 0.05) is 19.1 Å². The van der Waals surface area contributed by atoms with Crippen LogP contribution in [0, 0.1) is 11.8 Å². The van der Waals surface area contributed by atoms with Crippen molar-refractivity contribution in [2.75, 3.05) is 19.3 Å². The summed E-state index contributed by atoms with van der Waals surface area (Å²) in [7, 11) is -2.99. The van der Waals surface area contributed by atoms with Crippen LogP contribution in [-0.2, 0) is 10.0 Å². The van der Waals surface area contributed by atoms with E-state index in [1.165, 1.54) is 25.5 Å². The molecule has 0 aromatic carbocycles. The zero-order valence-electron chi connectivity index (χ0n) is 10.6. The standard InChI is InChI=1S/C12H24N2O2S/c1-17(15,16)14-6-2-3-11(9-14)7-10-4-5-12(13)8-10/h10-12H,2-9,13H2,1H3. The van der Waals surface area contributed by atoms with Crippen molar-refractivity contribution >= 4 is 10.0 Å². The van der Waals surface area contributed by atoms with Gasteiger partial charge in [-0.3, -0.25) is 0 Å². The molecule has 100 valence electrons. The Labute approximate surface area is 105 Å². The van der Waals surface area contributed by atoms with E-state index >= 15 is 0 Å². The minimum atomic E-state index is -2.99. The summed E-state index contributed by atoms with van der Waals surface area (Å²) in [5.41, 5.74) is 5.92. The number of hydrogen-bond acceptors (Lipinski definition) is 3. The van der Waals surface area contributed by atoms with E-state index in [2.05, 4.69) is 0 Å². The normalized spacial score (nSPS) is 36.2. The second-order valence-corrected chi connectivity index (χ2v) is 7.79. The molecule has 2 N–H and O–H groups in total. The number of nitrogens with zero attached hydrogens (tertiary/aromatic N) is 1. The van der Waals surface area contributed by atoms with Gasteiger partial charge < -0.3 is 5.73 Å². The van der Waals surface area contributed by atoms with E-state index in [0.717, 1.165) is 31.7 Å². The summed E-state index contributed by atoms with van der Waals surface area (Å²) in [5.74, 6) is 1.28. The lowest BCUT2D eigenvalue weighted by atomic mass is 9.88. The van der Waals surface area contributed by atoms with Crippen molar-refractivity contribution in [2.45, 2.75) is 44.6 Å². The van der Waals surface area contributed by atoms with Crippen LogP contribution >= 0.6 is 0 Å². The molecule has 2 aliphatic rings. The fourth-order valence-corrected chi connectivity index (χ4v) is 4.26. The summed E-state index contributed by atoms with van der Waals surface area (Å²) in [6, 6.07) is 0.384. The minimum Gasteiger partial charge on any atom is -0.328 e. The summed E-state index contributed by atoms with van der Waals surface area (Å²) in [6.45, 7) is 1.43. The molecule has 1 saturated heterocycles. The molecule has 0 amide bonds. The van der Waals surface area contributed by atoms with Crippen molar-refractivity contribution < 1.29 is 8.42 Å². The smallest absolute Gasteiger partial charge is 0.211 e. The molecule has 2 fully saturated rings. The molecule has 0 aromatic heterocycles. The van der Waals surface area contributed by atoms with Crippen molar-refractivity contribution in [3.8, 4) is 0 Å². The van der Waals surface area contributed by atoms with Gasteiger partial charge in [0.05, 0.1) is 6.26 Å². The van der Waals surface area contributed by atoms with Gasteiger partial charge in [0.1, 0.15) is 0 Å². The lowest BCUT2D eigenvalue weighted by molar-refractivity contribution is 0.231. The van der Waals surface area contributed by atoms with Crippen LogP contribution < -0.4 is 5.73 Å². The molecule has 3 unspecified atom stereocenters. The first-order valence-corrected chi connectivity index (χ1v) is 8.50. The zero-order valence-corrected chi connectivity index (χ0v) is 11.5. The molecule has 0 spiro atoms. The molecular formula is C12H24N2O2S. The third kappa shape index (κ3) is 3.66. The lowest BCUT2D eigenvalue weighted by Crippen LogP contribution is -2.39. The minimum absolute atomic E-state index is 0.384. The number of sulfonamides is 1. The fraction of sp³-hybridized carbons (Fsp3) is 1.00. The van der Waals surface area contributed by atoms with Gasteiger partial charge in [0.15, 0.2) is 0 Å². The Bertz CT molecular complexity index is 356. The first kappa shape index (κ1) is 13.3. The van der Waals surface area contributed by atoms with Crippen LogP contribution in [0.3, 0.4) is 0 Å². The molecule has 1 aliphatic carbocycles. The highest BCUT2D eigenvalue weighted by Crippen LogP contribution is 2.33. The Morgan fingerprint density at radius 3 is 2.59 bits per heavy atom. The van der Waals surface area contributed by atoms with Crippen molar-refractivity contribution in [3.05, 3.63) is 0 Å². The second kappa shape index (κ2) is 5.24. The molecule has 4 nitrogen and oxygen atoms in total. The molecule has 1 saturated carbocycles. The molecule has 0 radical (unpaired) electrons. The quantitative estimate of drug-likeness (QED) is 0.828. The third-order valence-corrected chi connectivity index (χ3v) is 5.47. The highest BCUT2D eigenvalue weighted by atomic mass is 32.2. The number of hydrogen-bond donors (Lipinski definition) is 1. The summed E-state index contributed by atoms with van der Waals surface area (Å²) in [6.07, 6.45) is 8.19.